The number of para-hydroxylation sites is 2. The van der Waals surface area contributed by atoms with Crippen molar-refractivity contribution in [2.24, 2.45) is 0 Å². The molecule has 0 unspecified atom stereocenters. The van der Waals surface area contributed by atoms with Crippen LogP contribution in [0.1, 0.15) is 5.82 Å². The molecule has 0 radical (unpaired) electrons. The lowest BCUT2D eigenvalue weighted by molar-refractivity contribution is 0.413. The van der Waals surface area contributed by atoms with Gasteiger partial charge in [0, 0.05) is 0 Å². The summed E-state index contributed by atoms with van der Waals surface area (Å²) in [5, 5.41) is 0. The van der Waals surface area contributed by atoms with Crippen molar-refractivity contribution in [2.45, 2.75) is 6.92 Å². The molecule has 0 bridgehead atoms. The molecule has 1 aromatic carbocycles. The largest absolute Gasteiger partial charge is 0.495 e. The van der Waals surface area contributed by atoms with Gasteiger partial charge in [0.15, 0.2) is 11.2 Å². The molecule has 2 heterocycles. The molecule has 0 fully saturated rings. The molecule has 2 aromatic heterocycles. The van der Waals surface area contributed by atoms with E-state index in [1.54, 1.807) is 11.7 Å². The van der Waals surface area contributed by atoms with Crippen molar-refractivity contribution >= 4 is 11.2 Å². The molecule has 1 N–H and O–H groups in total. The highest BCUT2D eigenvalue weighted by Crippen LogP contribution is 2.25. The lowest BCUT2D eigenvalue weighted by Crippen LogP contribution is -2.11. The van der Waals surface area contributed by atoms with Crippen LogP contribution in [0.15, 0.2) is 35.4 Å². The normalized spacial score (nSPS) is 10.8. The first kappa shape index (κ1) is 11.5. The Labute approximate surface area is 108 Å². The number of nitrogens with one attached hydrogen (secondary N) is 1. The van der Waals surface area contributed by atoms with Gasteiger partial charge in [0.2, 0.25) is 0 Å². The van der Waals surface area contributed by atoms with Gasteiger partial charge >= 0.3 is 0 Å². The average Bonchev–Trinajstić information content (AvgIpc) is 2.76. The average molecular weight is 256 g/mol. The number of imidazole rings is 1. The van der Waals surface area contributed by atoms with Gasteiger partial charge < -0.3 is 9.72 Å². The van der Waals surface area contributed by atoms with Crippen LogP contribution in [0.4, 0.5) is 0 Å². The van der Waals surface area contributed by atoms with E-state index in [9.17, 15) is 4.79 Å². The predicted octanol–water partition coefficient (Wildman–Crippen LogP) is 1.43. The summed E-state index contributed by atoms with van der Waals surface area (Å²) < 4.78 is 7.08. The molecule has 19 heavy (non-hydrogen) atoms. The fraction of sp³-hybridized carbons (Fsp3) is 0.154. The third-order valence-electron chi connectivity index (χ3n) is 2.95. The Morgan fingerprint density at radius 2 is 2.11 bits per heavy atom. The smallest absolute Gasteiger partial charge is 0.277 e. The third-order valence-corrected chi connectivity index (χ3v) is 2.95. The molecule has 96 valence electrons. The Balaban J connectivity index is 2.43. The Kier molecular flexibility index (Phi) is 2.56. The van der Waals surface area contributed by atoms with E-state index in [1.165, 1.54) is 6.33 Å². The topological polar surface area (TPSA) is 72.8 Å². The molecule has 0 amide bonds. The van der Waals surface area contributed by atoms with Gasteiger partial charge in [-0.15, -0.1) is 0 Å². The minimum absolute atomic E-state index is 0.225. The summed E-state index contributed by atoms with van der Waals surface area (Å²) in [5.41, 5.74) is 1.39. The molecule has 0 aliphatic heterocycles. The molecule has 0 aliphatic rings. The van der Waals surface area contributed by atoms with Gasteiger partial charge in [-0.25, -0.2) is 9.97 Å². The van der Waals surface area contributed by atoms with E-state index < -0.39 is 0 Å². The number of fused-ring (bicyclic) bond motifs is 1. The highest BCUT2D eigenvalue weighted by atomic mass is 16.5. The predicted molar refractivity (Wildman–Crippen MR) is 70.8 cm³/mol. The highest BCUT2D eigenvalue weighted by molar-refractivity contribution is 5.74. The van der Waals surface area contributed by atoms with Crippen molar-refractivity contribution in [3.8, 4) is 11.4 Å². The van der Waals surface area contributed by atoms with E-state index >= 15 is 0 Å². The zero-order valence-electron chi connectivity index (χ0n) is 10.5. The first-order chi connectivity index (χ1) is 9.22. The van der Waals surface area contributed by atoms with Crippen LogP contribution in [0.3, 0.4) is 0 Å². The minimum Gasteiger partial charge on any atom is -0.495 e. The first-order valence-electron chi connectivity index (χ1n) is 5.78. The van der Waals surface area contributed by atoms with Gasteiger partial charge in [0.1, 0.15) is 11.6 Å². The summed E-state index contributed by atoms with van der Waals surface area (Å²) in [7, 11) is 1.59. The molecular formula is C13H12N4O2. The standard InChI is InChI=1S/C13H12N4O2/c1-8-16-12-11(13(18)15-7-14-12)17(8)9-5-3-4-6-10(9)19-2/h3-7H,1-2H3,(H,14,15,18). The second kappa shape index (κ2) is 4.24. The van der Waals surface area contributed by atoms with Crippen LogP contribution in [0.25, 0.3) is 16.9 Å². The van der Waals surface area contributed by atoms with Gasteiger partial charge in [0.05, 0.1) is 19.1 Å². The molecule has 0 saturated carbocycles. The number of nitrogens with zero attached hydrogens (tertiary/aromatic N) is 3. The Hall–Kier alpha value is -2.63. The maximum absolute atomic E-state index is 12.0. The van der Waals surface area contributed by atoms with Crippen LogP contribution in [-0.2, 0) is 0 Å². The fourth-order valence-corrected chi connectivity index (χ4v) is 2.14. The van der Waals surface area contributed by atoms with Crippen molar-refractivity contribution in [3.63, 3.8) is 0 Å². The van der Waals surface area contributed by atoms with E-state index in [-0.39, 0.29) is 5.56 Å². The van der Waals surface area contributed by atoms with Crippen LogP contribution in [-0.4, -0.2) is 26.6 Å². The fourth-order valence-electron chi connectivity index (χ4n) is 2.14. The van der Waals surface area contributed by atoms with Gasteiger partial charge in [-0.1, -0.05) is 12.1 Å². The molecule has 6 heteroatoms. The summed E-state index contributed by atoms with van der Waals surface area (Å²) in [5.74, 6) is 1.36. The summed E-state index contributed by atoms with van der Waals surface area (Å²) in [6.07, 6.45) is 1.35. The minimum atomic E-state index is -0.225. The Morgan fingerprint density at radius 3 is 2.89 bits per heavy atom. The first-order valence-corrected chi connectivity index (χ1v) is 5.78. The maximum atomic E-state index is 12.0. The number of methoxy groups -OCH3 is 1. The van der Waals surface area contributed by atoms with Crippen molar-refractivity contribution in [1.82, 2.24) is 19.5 Å². The van der Waals surface area contributed by atoms with Gasteiger partial charge in [-0.3, -0.25) is 9.36 Å². The Morgan fingerprint density at radius 1 is 1.32 bits per heavy atom. The van der Waals surface area contributed by atoms with E-state index in [0.29, 0.717) is 22.7 Å². The maximum Gasteiger partial charge on any atom is 0.277 e. The molecular weight excluding hydrogens is 244 g/mol. The van der Waals surface area contributed by atoms with Crippen molar-refractivity contribution in [1.29, 1.82) is 0 Å². The van der Waals surface area contributed by atoms with Crippen LogP contribution >= 0.6 is 0 Å². The summed E-state index contributed by atoms with van der Waals surface area (Å²) in [4.78, 5) is 22.9. The van der Waals surface area contributed by atoms with E-state index in [4.69, 9.17) is 4.74 Å². The van der Waals surface area contributed by atoms with E-state index in [2.05, 4.69) is 15.0 Å². The monoisotopic (exact) mass is 256 g/mol. The van der Waals surface area contributed by atoms with Gasteiger partial charge in [0.25, 0.3) is 5.56 Å². The lowest BCUT2D eigenvalue weighted by Gasteiger charge is -2.10. The Bertz CT molecular complexity index is 804. The molecule has 0 spiro atoms. The number of benzene rings is 1. The quantitative estimate of drug-likeness (QED) is 0.752. The zero-order chi connectivity index (χ0) is 13.4. The number of aromatic nitrogens is 4. The number of hydrogen-bond acceptors (Lipinski definition) is 4. The van der Waals surface area contributed by atoms with Gasteiger partial charge in [-0.2, -0.15) is 0 Å². The number of rotatable bonds is 2. The summed E-state index contributed by atoms with van der Waals surface area (Å²) >= 11 is 0. The molecule has 0 saturated heterocycles. The molecule has 3 rings (SSSR count). The van der Waals surface area contributed by atoms with Crippen LogP contribution in [0.2, 0.25) is 0 Å². The number of aryl methyl sites for hydroxylation is 1. The third kappa shape index (κ3) is 1.69. The molecule has 6 nitrogen and oxygen atoms in total. The molecule has 3 aromatic rings. The molecule has 0 aliphatic carbocycles. The second-order valence-corrected chi connectivity index (χ2v) is 4.07. The number of ether oxygens (including phenoxy) is 1. The van der Waals surface area contributed by atoms with E-state index in [1.807, 2.05) is 31.2 Å². The number of hydrogen-bond donors (Lipinski definition) is 1. The zero-order valence-corrected chi connectivity index (χ0v) is 10.5. The van der Waals surface area contributed by atoms with Crippen LogP contribution in [0, 0.1) is 6.92 Å². The van der Waals surface area contributed by atoms with Crippen LogP contribution < -0.4 is 10.3 Å². The van der Waals surface area contributed by atoms with Crippen molar-refractivity contribution in [2.75, 3.05) is 7.11 Å². The summed E-state index contributed by atoms with van der Waals surface area (Å²) in [6.45, 7) is 1.83. The molecule has 0 atom stereocenters. The highest BCUT2D eigenvalue weighted by Gasteiger charge is 2.15. The number of H-pyrrole nitrogens is 1. The van der Waals surface area contributed by atoms with Crippen molar-refractivity contribution < 1.29 is 4.74 Å². The second-order valence-electron chi connectivity index (χ2n) is 4.07. The number of aromatic amines is 1. The lowest BCUT2D eigenvalue weighted by atomic mass is 10.3. The van der Waals surface area contributed by atoms with Crippen LogP contribution in [0.5, 0.6) is 5.75 Å². The van der Waals surface area contributed by atoms with Crippen molar-refractivity contribution in [3.05, 3.63) is 46.8 Å². The van der Waals surface area contributed by atoms with E-state index in [0.717, 1.165) is 5.69 Å². The summed E-state index contributed by atoms with van der Waals surface area (Å²) in [6, 6.07) is 7.47. The van der Waals surface area contributed by atoms with Gasteiger partial charge in [-0.05, 0) is 19.1 Å². The SMILES string of the molecule is COc1ccccc1-n1c(C)nc2nc[nH]c(=O)c21.